The summed E-state index contributed by atoms with van der Waals surface area (Å²) in [6.45, 7) is 4.14. The number of nitrogens with two attached hydrogens (primary N) is 1. The van der Waals surface area contributed by atoms with Crippen LogP contribution in [0.1, 0.15) is 18.9 Å². The molecule has 96 valence electrons. The van der Waals surface area contributed by atoms with Gasteiger partial charge in [-0.05, 0) is 38.4 Å². The highest BCUT2D eigenvalue weighted by molar-refractivity contribution is 7.89. The molecule has 0 radical (unpaired) electrons. The van der Waals surface area contributed by atoms with E-state index < -0.39 is 10.0 Å². The fraction of sp³-hybridized carbons (Fsp3) is 0.500. The molecule has 0 saturated carbocycles. The summed E-state index contributed by atoms with van der Waals surface area (Å²) < 4.78 is 26.1. The average Bonchev–Trinajstić information content (AvgIpc) is 2.28. The molecule has 0 aromatic heterocycles. The van der Waals surface area contributed by atoms with Crippen molar-refractivity contribution >= 4 is 10.0 Å². The number of sulfonamides is 1. The normalized spacial score (nSPS) is 13.9. The summed E-state index contributed by atoms with van der Waals surface area (Å²) in [6, 6.07) is 6.91. The predicted octanol–water partition coefficient (Wildman–Crippen LogP) is 1.35. The van der Waals surface area contributed by atoms with Gasteiger partial charge in [0.2, 0.25) is 10.0 Å². The molecule has 0 amide bonds. The van der Waals surface area contributed by atoms with E-state index in [1.165, 1.54) is 4.31 Å². The zero-order valence-corrected chi connectivity index (χ0v) is 11.4. The van der Waals surface area contributed by atoms with Gasteiger partial charge in [0.05, 0.1) is 4.90 Å². The van der Waals surface area contributed by atoms with Gasteiger partial charge < -0.3 is 5.73 Å². The van der Waals surface area contributed by atoms with Crippen LogP contribution >= 0.6 is 0 Å². The van der Waals surface area contributed by atoms with Crippen molar-refractivity contribution in [3.8, 4) is 0 Å². The van der Waals surface area contributed by atoms with Gasteiger partial charge in [-0.15, -0.1) is 0 Å². The van der Waals surface area contributed by atoms with Gasteiger partial charge >= 0.3 is 0 Å². The van der Waals surface area contributed by atoms with Gasteiger partial charge in [0.1, 0.15) is 0 Å². The van der Waals surface area contributed by atoms with Gasteiger partial charge in [0.15, 0.2) is 0 Å². The van der Waals surface area contributed by atoms with E-state index in [0.717, 1.165) is 5.56 Å². The van der Waals surface area contributed by atoms with Crippen LogP contribution in [0.2, 0.25) is 0 Å². The second-order valence-electron chi connectivity index (χ2n) is 4.21. The molecule has 0 saturated heterocycles. The molecule has 1 atom stereocenters. The summed E-state index contributed by atoms with van der Waals surface area (Å²) in [4.78, 5) is 0.367. The maximum atomic E-state index is 12.4. The van der Waals surface area contributed by atoms with Crippen molar-refractivity contribution in [2.24, 2.45) is 5.73 Å². The first-order chi connectivity index (χ1) is 7.91. The summed E-state index contributed by atoms with van der Waals surface area (Å²) >= 11 is 0. The van der Waals surface area contributed by atoms with Gasteiger partial charge in [0, 0.05) is 13.1 Å². The molecule has 0 heterocycles. The second kappa shape index (κ2) is 5.62. The lowest BCUT2D eigenvalue weighted by molar-refractivity contribution is 0.374. The van der Waals surface area contributed by atoms with Crippen LogP contribution in [0.25, 0.3) is 0 Å². The van der Waals surface area contributed by atoms with Crippen LogP contribution < -0.4 is 5.73 Å². The van der Waals surface area contributed by atoms with Gasteiger partial charge in [0.25, 0.3) is 0 Å². The Morgan fingerprint density at radius 2 is 1.94 bits per heavy atom. The van der Waals surface area contributed by atoms with Crippen molar-refractivity contribution in [2.45, 2.75) is 31.2 Å². The summed E-state index contributed by atoms with van der Waals surface area (Å²) in [5.41, 5.74) is 6.22. The third-order valence-electron chi connectivity index (χ3n) is 2.96. The number of rotatable bonds is 5. The topological polar surface area (TPSA) is 63.4 Å². The van der Waals surface area contributed by atoms with E-state index in [1.54, 1.807) is 32.2 Å². The molecule has 2 N–H and O–H groups in total. The molecule has 0 fully saturated rings. The molecule has 1 unspecified atom stereocenters. The Bertz CT molecular complexity index is 471. The summed E-state index contributed by atoms with van der Waals surface area (Å²) in [5.74, 6) is 0. The van der Waals surface area contributed by atoms with Crippen LogP contribution in [0.5, 0.6) is 0 Å². The van der Waals surface area contributed by atoms with E-state index >= 15 is 0 Å². The molecule has 5 heteroatoms. The van der Waals surface area contributed by atoms with Crippen LogP contribution in [-0.4, -0.2) is 32.4 Å². The fourth-order valence-electron chi connectivity index (χ4n) is 1.66. The molecular formula is C12H20N2O2S. The molecule has 0 aliphatic carbocycles. The molecular weight excluding hydrogens is 236 g/mol. The quantitative estimate of drug-likeness (QED) is 0.865. The van der Waals surface area contributed by atoms with Gasteiger partial charge in [-0.2, -0.15) is 4.31 Å². The smallest absolute Gasteiger partial charge is 0.243 e. The van der Waals surface area contributed by atoms with E-state index in [4.69, 9.17) is 5.73 Å². The first-order valence-electron chi connectivity index (χ1n) is 5.65. The molecule has 1 aromatic carbocycles. The van der Waals surface area contributed by atoms with E-state index in [1.807, 2.05) is 13.0 Å². The standard InChI is InChI=1S/C12H20N2O2S/c1-10-6-4-5-7-12(10)17(15,16)14(3)11(2)8-9-13/h4-7,11H,8-9,13H2,1-3H3. The number of aryl methyl sites for hydroxylation is 1. The Morgan fingerprint density at radius 1 is 1.35 bits per heavy atom. The number of nitrogens with zero attached hydrogens (tertiary/aromatic N) is 1. The van der Waals surface area contributed by atoms with E-state index in [2.05, 4.69) is 0 Å². The van der Waals surface area contributed by atoms with Gasteiger partial charge in [-0.25, -0.2) is 8.42 Å². The minimum absolute atomic E-state index is 0.0930. The highest BCUT2D eigenvalue weighted by Crippen LogP contribution is 2.20. The first kappa shape index (κ1) is 14.2. The molecule has 4 nitrogen and oxygen atoms in total. The van der Waals surface area contributed by atoms with Crippen molar-refractivity contribution in [1.82, 2.24) is 4.31 Å². The first-order valence-corrected chi connectivity index (χ1v) is 7.09. The SMILES string of the molecule is Cc1ccccc1S(=O)(=O)N(C)C(C)CCN. The lowest BCUT2D eigenvalue weighted by Crippen LogP contribution is -2.36. The van der Waals surface area contributed by atoms with Gasteiger partial charge in [-0.3, -0.25) is 0 Å². The van der Waals surface area contributed by atoms with Crippen LogP contribution in [0.4, 0.5) is 0 Å². The van der Waals surface area contributed by atoms with E-state index in [0.29, 0.717) is 17.9 Å². The van der Waals surface area contributed by atoms with Crippen LogP contribution in [0.3, 0.4) is 0 Å². The Hall–Kier alpha value is -0.910. The van der Waals surface area contributed by atoms with Crippen LogP contribution in [0, 0.1) is 6.92 Å². The zero-order chi connectivity index (χ0) is 13.1. The van der Waals surface area contributed by atoms with E-state index in [-0.39, 0.29) is 6.04 Å². The highest BCUT2D eigenvalue weighted by atomic mass is 32.2. The maximum Gasteiger partial charge on any atom is 0.243 e. The largest absolute Gasteiger partial charge is 0.330 e. The summed E-state index contributed by atoms with van der Waals surface area (Å²) in [6.07, 6.45) is 0.654. The minimum Gasteiger partial charge on any atom is -0.330 e. The summed E-state index contributed by atoms with van der Waals surface area (Å²) in [5, 5.41) is 0. The molecule has 0 bridgehead atoms. The minimum atomic E-state index is -3.41. The molecule has 1 aromatic rings. The Morgan fingerprint density at radius 3 is 2.47 bits per heavy atom. The molecule has 0 aliphatic rings. The van der Waals surface area contributed by atoms with Crippen LogP contribution in [-0.2, 0) is 10.0 Å². The highest BCUT2D eigenvalue weighted by Gasteiger charge is 2.25. The van der Waals surface area contributed by atoms with Crippen molar-refractivity contribution in [3.05, 3.63) is 29.8 Å². The fourth-order valence-corrected chi connectivity index (χ4v) is 3.28. The molecule has 0 aliphatic heterocycles. The second-order valence-corrected chi connectivity index (χ2v) is 6.18. The van der Waals surface area contributed by atoms with Gasteiger partial charge in [-0.1, -0.05) is 18.2 Å². The average molecular weight is 256 g/mol. The molecule has 17 heavy (non-hydrogen) atoms. The maximum absolute atomic E-state index is 12.4. The van der Waals surface area contributed by atoms with Crippen molar-refractivity contribution < 1.29 is 8.42 Å². The number of hydrogen-bond donors (Lipinski definition) is 1. The third-order valence-corrected chi connectivity index (χ3v) is 5.09. The lowest BCUT2D eigenvalue weighted by Gasteiger charge is -2.24. The zero-order valence-electron chi connectivity index (χ0n) is 10.6. The molecule has 0 spiro atoms. The molecule has 1 rings (SSSR count). The van der Waals surface area contributed by atoms with Crippen molar-refractivity contribution in [1.29, 1.82) is 0 Å². The Labute approximate surface area is 103 Å². The Kier molecular flexibility index (Phi) is 4.68. The monoisotopic (exact) mass is 256 g/mol. The lowest BCUT2D eigenvalue weighted by atomic mass is 10.2. The van der Waals surface area contributed by atoms with Crippen LogP contribution in [0.15, 0.2) is 29.2 Å². The van der Waals surface area contributed by atoms with Crippen molar-refractivity contribution in [3.63, 3.8) is 0 Å². The Balaban J connectivity index is 3.08. The number of hydrogen-bond acceptors (Lipinski definition) is 3. The van der Waals surface area contributed by atoms with Crippen molar-refractivity contribution in [2.75, 3.05) is 13.6 Å². The predicted molar refractivity (Wildman–Crippen MR) is 69.3 cm³/mol. The number of benzene rings is 1. The summed E-state index contributed by atoms with van der Waals surface area (Å²) in [7, 11) is -1.81. The third kappa shape index (κ3) is 3.06. The van der Waals surface area contributed by atoms with E-state index in [9.17, 15) is 8.42 Å².